The quantitative estimate of drug-likeness (QED) is 0.656. The number of carbonyl (C=O) groups excluding carboxylic acids is 2. The van der Waals surface area contributed by atoms with Gasteiger partial charge in [-0.2, -0.15) is 0 Å². The van der Waals surface area contributed by atoms with Gasteiger partial charge in [0.15, 0.2) is 0 Å². The average molecular weight is 501 g/mol. The maximum atomic E-state index is 13.4. The van der Waals surface area contributed by atoms with Crippen molar-refractivity contribution in [2.45, 2.75) is 62.4 Å². The number of piperidine rings is 1. The minimum absolute atomic E-state index is 0.0613. The number of urea groups is 1. The van der Waals surface area contributed by atoms with Crippen molar-refractivity contribution < 1.29 is 18.0 Å². The molecule has 1 saturated carbocycles. The van der Waals surface area contributed by atoms with E-state index < -0.39 is 10.0 Å². The van der Waals surface area contributed by atoms with E-state index in [9.17, 15) is 18.0 Å². The van der Waals surface area contributed by atoms with Gasteiger partial charge in [-0.3, -0.25) is 4.79 Å². The van der Waals surface area contributed by atoms with Gasteiger partial charge in [0.25, 0.3) is 5.91 Å². The zero-order valence-corrected chi connectivity index (χ0v) is 21.6. The predicted molar refractivity (Wildman–Crippen MR) is 137 cm³/mol. The topological polar surface area (TPSA) is 98.8 Å². The van der Waals surface area contributed by atoms with Crippen LogP contribution in [0, 0.1) is 5.92 Å². The third kappa shape index (κ3) is 5.62. The first-order valence-electron chi connectivity index (χ1n) is 12.5. The lowest BCUT2D eigenvalue weighted by atomic mass is 9.85. The first kappa shape index (κ1) is 25.4. The van der Waals surface area contributed by atoms with E-state index >= 15 is 0 Å². The van der Waals surface area contributed by atoms with Gasteiger partial charge in [-0.05, 0) is 49.1 Å². The molecule has 2 aliphatic rings. The number of hydrogen-bond acceptors (Lipinski definition) is 4. The van der Waals surface area contributed by atoms with Crippen LogP contribution < -0.4 is 10.0 Å². The number of sulfonamides is 1. The molecule has 2 fully saturated rings. The standard InChI is InChI=1S/C26H36N4O4S/c1-18-8-4-5-12-23(18)27-25(31)22-11-6-10-21-20(22)9-7-13-24(21)35(33,34)28-19-14-16-30(17-15-19)26(32)29(2)3/h6-7,9-11,13,18-19,23,28H,4-5,8,12,14-17H2,1-3H3,(H,27,31). The summed E-state index contributed by atoms with van der Waals surface area (Å²) in [5.74, 6) is 0.275. The summed E-state index contributed by atoms with van der Waals surface area (Å²) in [5.41, 5.74) is 0.493. The molecule has 1 heterocycles. The molecule has 9 heteroatoms. The summed E-state index contributed by atoms with van der Waals surface area (Å²) in [4.78, 5) is 28.8. The normalized spacial score (nSPS) is 21.6. The Bertz CT molecular complexity index is 1190. The Morgan fingerprint density at radius 2 is 1.60 bits per heavy atom. The number of nitrogens with one attached hydrogen (secondary N) is 2. The summed E-state index contributed by atoms with van der Waals surface area (Å²) in [6.45, 7) is 3.18. The third-order valence-corrected chi connectivity index (χ3v) is 8.89. The number of nitrogens with zero attached hydrogens (tertiary/aromatic N) is 2. The van der Waals surface area contributed by atoms with Crippen molar-refractivity contribution in [3.05, 3.63) is 42.0 Å². The molecular weight excluding hydrogens is 464 g/mol. The predicted octanol–water partition coefficient (Wildman–Crippen LogP) is 3.57. The van der Waals surface area contributed by atoms with Gasteiger partial charge >= 0.3 is 6.03 Å². The summed E-state index contributed by atoms with van der Waals surface area (Å²) in [6.07, 6.45) is 5.49. The lowest BCUT2D eigenvalue weighted by Crippen LogP contribution is -2.49. The highest BCUT2D eigenvalue weighted by Gasteiger charge is 2.29. The van der Waals surface area contributed by atoms with Crippen LogP contribution in [0.4, 0.5) is 4.79 Å². The van der Waals surface area contributed by atoms with Gasteiger partial charge in [-0.15, -0.1) is 0 Å². The Morgan fingerprint density at radius 1 is 0.943 bits per heavy atom. The zero-order chi connectivity index (χ0) is 25.2. The van der Waals surface area contributed by atoms with Crippen LogP contribution in [0.15, 0.2) is 41.3 Å². The van der Waals surface area contributed by atoms with Gasteiger partial charge in [0, 0.05) is 50.2 Å². The van der Waals surface area contributed by atoms with E-state index in [0.29, 0.717) is 48.2 Å². The van der Waals surface area contributed by atoms with Crippen molar-refractivity contribution in [2.75, 3.05) is 27.2 Å². The summed E-state index contributed by atoms with van der Waals surface area (Å²) >= 11 is 0. The highest BCUT2D eigenvalue weighted by Crippen LogP contribution is 2.28. The number of hydrogen-bond donors (Lipinski definition) is 2. The zero-order valence-electron chi connectivity index (χ0n) is 20.8. The molecule has 3 amide bonds. The van der Waals surface area contributed by atoms with Gasteiger partial charge in [-0.1, -0.05) is 44.0 Å². The van der Waals surface area contributed by atoms with E-state index in [1.807, 2.05) is 0 Å². The van der Waals surface area contributed by atoms with E-state index in [2.05, 4.69) is 17.0 Å². The molecule has 4 rings (SSSR count). The van der Waals surface area contributed by atoms with Crippen LogP contribution in [0.3, 0.4) is 0 Å². The Kier molecular flexibility index (Phi) is 7.66. The van der Waals surface area contributed by atoms with E-state index in [1.165, 1.54) is 11.3 Å². The van der Waals surface area contributed by atoms with Crippen LogP contribution in [0.1, 0.15) is 55.8 Å². The van der Waals surface area contributed by atoms with Crippen LogP contribution in [0.25, 0.3) is 10.8 Å². The number of fused-ring (bicyclic) bond motifs is 1. The van der Waals surface area contributed by atoms with Gasteiger partial charge in [0.05, 0.1) is 4.90 Å². The largest absolute Gasteiger partial charge is 0.349 e. The number of likely N-dealkylation sites (tertiary alicyclic amines) is 1. The maximum absolute atomic E-state index is 13.4. The molecule has 1 aliphatic carbocycles. The van der Waals surface area contributed by atoms with Crippen molar-refractivity contribution in [1.82, 2.24) is 19.8 Å². The summed E-state index contributed by atoms with van der Waals surface area (Å²) < 4.78 is 29.6. The van der Waals surface area contributed by atoms with Crippen LogP contribution in [-0.2, 0) is 10.0 Å². The molecule has 190 valence electrons. The van der Waals surface area contributed by atoms with Crippen molar-refractivity contribution in [3.8, 4) is 0 Å². The monoisotopic (exact) mass is 500 g/mol. The van der Waals surface area contributed by atoms with Crippen molar-refractivity contribution in [2.24, 2.45) is 5.92 Å². The van der Waals surface area contributed by atoms with Gasteiger partial charge in [-0.25, -0.2) is 17.9 Å². The minimum atomic E-state index is -3.81. The Balaban J connectivity index is 1.53. The van der Waals surface area contributed by atoms with Crippen LogP contribution in [0.5, 0.6) is 0 Å². The molecule has 2 aromatic rings. The van der Waals surface area contributed by atoms with Gasteiger partial charge < -0.3 is 15.1 Å². The molecule has 2 unspecified atom stereocenters. The fourth-order valence-electron chi connectivity index (χ4n) is 5.24. The van der Waals surface area contributed by atoms with Crippen molar-refractivity contribution in [3.63, 3.8) is 0 Å². The van der Waals surface area contributed by atoms with Crippen LogP contribution >= 0.6 is 0 Å². The van der Waals surface area contributed by atoms with Crippen LogP contribution in [0.2, 0.25) is 0 Å². The number of amides is 3. The molecular formula is C26H36N4O4S. The lowest BCUT2D eigenvalue weighted by Gasteiger charge is -2.33. The second-order valence-electron chi connectivity index (χ2n) is 10.1. The molecule has 1 aliphatic heterocycles. The highest BCUT2D eigenvalue weighted by atomic mass is 32.2. The first-order valence-corrected chi connectivity index (χ1v) is 14.0. The Morgan fingerprint density at radius 3 is 2.29 bits per heavy atom. The van der Waals surface area contributed by atoms with E-state index in [1.54, 1.807) is 55.4 Å². The van der Waals surface area contributed by atoms with Crippen molar-refractivity contribution in [1.29, 1.82) is 0 Å². The number of carbonyl (C=O) groups is 2. The SMILES string of the molecule is CC1CCCCC1NC(=O)c1cccc2c(S(=O)(=O)NC3CCN(C(=O)N(C)C)CC3)cccc12. The molecule has 2 N–H and O–H groups in total. The van der Waals surface area contributed by atoms with Crippen molar-refractivity contribution >= 4 is 32.7 Å². The molecule has 0 aromatic heterocycles. The second-order valence-corrected chi connectivity index (χ2v) is 11.7. The minimum Gasteiger partial charge on any atom is -0.349 e. The Hall–Kier alpha value is -2.65. The fourth-order valence-corrected chi connectivity index (χ4v) is 6.77. The summed E-state index contributed by atoms with van der Waals surface area (Å²) in [6, 6.07) is 10.2. The van der Waals surface area contributed by atoms with E-state index in [4.69, 9.17) is 0 Å². The molecule has 1 saturated heterocycles. The fraction of sp³-hybridized carbons (Fsp3) is 0.538. The molecule has 0 spiro atoms. The molecule has 2 atom stereocenters. The smallest absolute Gasteiger partial charge is 0.319 e. The van der Waals surface area contributed by atoms with Gasteiger partial charge in [0.1, 0.15) is 0 Å². The molecule has 8 nitrogen and oxygen atoms in total. The van der Waals surface area contributed by atoms with Crippen LogP contribution in [-0.4, -0.2) is 69.4 Å². The molecule has 2 aromatic carbocycles. The first-order chi connectivity index (χ1) is 16.7. The molecule has 35 heavy (non-hydrogen) atoms. The number of benzene rings is 2. The highest BCUT2D eigenvalue weighted by molar-refractivity contribution is 7.89. The molecule has 0 bridgehead atoms. The van der Waals surface area contributed by atoms with E-state index in [-0.39, 0.29) is 28.9 Å². The third-order valence-electron chi connectivity index (χ3n) is 7.31. The molecule has 0 radical (unpaired) electrons. The maximum Gasteiger partial charge on any atom is 0.319 e. The Labute approximate surface area is 208 Å². The second kappa shape index (κ2) is 10.5. The summed E-state index contributed by atoms with van der Waals surface area (Å²) in [5, 5.41) is 4.34. The van der Waals surface area contributed by atoms with Gasteiger partial charge in [0.2, 0.25) is 10.0 Å². The average Bonchev–Trinajstić information content (AvgIpc) is 2.84. The summed E-state index contributed by atoms with van der Waals surface area (Å²) in [7, 11) is -0.394. The van der Waals surface area contributed by atoms with E-state index in [0.717, 1.165) is 19.3 Å². The lowest BCUT2D eigenvalue weighted by molar-refractivity contribution is 0.0912. The number of rotatable bonds is 5.